The van der Waals surface area contributed by atoms with Crippen LogP contribution in [0.3, 0.4) is 0 Å². The lowest BCUT2D eigenvalue weighted by Crippen LogP contribution is -2.20. The second-order valence-corrected chi connectivity index (χ2v) is 4.73. The molecule has 0 radical (unpaired) electrons. The van der Waals surface area contributed by atoms with Gasteiger partial charge in [-0.15, -0.1) is 18.3 Å². The van der Waals surface area contributed by atoms with Gasteiger partial charge in [0.2, 0.25) is 5.82 Å². The summed E-state index contributed by atoms with van der Waals surface area (Å²) >= 11 is 0. The lowest BCUT2D eigenvalue weighted by Gasteiger charge is -2.13. The van der Waals surface area contributed by atoms with E-state index in [1.165, 1.54) is 28.9 Å². The number of halogens is 3. The molecule has 1 aromatic carbocycles. The van der Waals surface area contributed by atoms with E-state index < -0.39 is 18.0 Å². The molecule has 0 bridgehead atoms. The summed E-state index contributed by atoms with van der Waals surface area (Å²) in [7, 11) is 0. The highest BCUT2D eigenvalue weighted by Crippen LogP contribution is 2.30. The molecule has 3 aromatic rings. The number of ether oxygens (including phenoxy) is 1. The molecular formula is C14H10F3N5O2. The van der Waals surface area contributed by atoms with Gasteiger partial charge >= 0.3 is 6.36 Å². The van der Waals surface area contributed by atoms with E-state index in [-0.39, 0.29) is 17.3 Å². The molecule has 0 aliphatic carbocycles. The van der Waals surface area contributed by atoms with Gasteiger partial charge in [-0.1, -0.05) is 12.1 Å². The third-order valence-corrected chi connectivity index (χ3v) is 2.99. The summed E-state index contributed by atoms with van der Waals surface area (Å²) in [5.74, 6) is -1.33. The summed E-state index contributed by atoms with van der Waals surface area (Å²) in [4.78, 5) is 20.1. The molecule has 1 amide bonds. The summed E-state index contributed by atoms with van der Waals surface area (Å²) in [6, 6.07) is 6.86. The van der Waals surface area contributed by atoms with Crippen molar-refractivity contribution in [2.75, 3.05) is 5.32 Å². The molecule has 10 heteroatoms. The van der Waals surface area contributed by atoms with Crippen molar-refractivity contribution in [2.24, 2.45) is 0 Å². The van der Waals surface area contributed by atoms with E-state index in [1.807, 2.05) is 0 Å². The van der Waals surface area contributed by atoms with Gasteiger partial charge in [0.05, 0.1) is 5.69 Å². The van der Waals surface area contributed by atoms with Crippen molar-refractivity contribution in [3.8, 4) is 5.75 Å². The first-order valence-corrected chi connectivity index (χ1v) is 6.68. The Bertz CT molecular complexity index is 907. The molecule has 0 fully saturated rings. The van der Waals surface area contributed by atoms with Crippen molar-refractivity contribution in [1.82, 2.24) is 19.6 Å². The fourth-order valence-electron chi connectivity index (χ4n) is 1.96. The number of aryl methyl sites for hydroxylation is 1. The van der Waals surface area contributed by atoms with E-state index in [9.17, 15) is 18.0 Å². The number of carbonyl (C=O) groups is 1. The fourth-order valence-corrected chi connectivity index (χ4v) is 1.96. The highest BCUT2D eigenvalue weighted by molar-refractivity contribution is 6.02. The Hall–Kier alpha value is -3.17. The highest BCUT2D eigenvalue weighted by Gasteiger charge is 2.32. The topological polar surface area (TPSA) is 81.4 Å². The van der Waals surface area contributed by atoms with Crippen LogP contribution in [0.15, 0.2) is 36.5 Å². The average molecular weight is 337 g/mol. The van der Waals surface area contributed by atoms with Gasteiger partial charge in [0.15, 0.2) is 5.75 Å². The number of aromatic nitrogens is 4. The molecule has 0 saturated carbocycles. The van der Waals surface area contributed by atoms with Crippen molar-refractivity contribution >= 4 is 17.4 Å². The smallest absolute Gasteiger partial charge is 0.404 e. The molecule has 124 valence electrons. The molecular weight excluding hydrogens is 327 g/mol. The van der Waals surface area contributed by atoms with Crippen LogP contribution in [-0.2, 0) is 0 Å². The van der Waals surface area contributed by atoms with Crippen LogP contribution in [0, 0.1) is 6.92 Å². The average Bonchev–Trinajstić information content (AvgIpc) is 2.93. The van der Waals surface area contributed by atoms with Crippen LogP contribution >= 0.6 is 0 Å². The van der Waals surface area contributed by atoms with Crippen molar-refractivity contribution in [2.45, 2.75) is 13.3 Å². The van der Waals surface area contributed by atoms with Gasteiger partial charge in [-0.25, -0.2) is 9.50 Å². The maximum absolute atomic E-state index is 12.4. The number of alkyl halides is 3. The molecule has 0 aliphatic heterocycles. The molecule has 0 spiro atoms. The van der Waals surface area contributed by atoms with Crippen LogP contribution < -0.4 is 10.1 Å². The number of carbonyl (C=O) groups excluding carboxylic acids is 1. The quantitative estimate of drug-likeness (QED) is 0.794. The Balaban J connectivity index is 1.88. The van der Waals surface area contributed by atoms with Crippen LogP contribution in [0.5, 0.6) is 5.75 Å². The summed E-state index contributed by atoms with van der Waals surface area (Å²) in [6.07, 6.45) is -3.36. The molecule has 7 nitrogen and oxygen atoms in total. The first kappa shape index (κ1) is 15.7. The number of nitrogens with one attached hydrogen (secondary N) is 1. The number of hydrogen-bond donors (Lipinski definition) is 1. The molecule has 0 atom stereocenters. The Kier molecular flexibility index (Phi) is 3.80. The number of hydrogen-bond acceptors (Lipinski definition) is 5. The van der Waals surface area contributed by atoms with E-state index in [2.05, 4.69) is 25.1 Å². The number of amides is 1. The monoisotopic (exact) mass is 337 g/mol. The summed E-state index contributed by atoms with van der Waals surface area (Å²) in [5, 5.41) is 6.28. The maximum Gasteiger partial charge on any atom is 0.573 e. The maximum atomic E-state index is 12.4. The molecule has 0 aliphatic rings. The van der Waals surface area contributed by atoms with Gasteiger partial charge in [-0.05, 0) is 25.1 Å². The zero-order valence-electron chi connectivity index (χ0n) is 12.2. The molecule has 2 heterocycles. The van der Waals surface area contributed by atoms with Crippen LogP contribution in [0.25, 0.3) is 5.78 Å². The lowest BCUT2D eigenvalue weighted by atomic mass is 10.3. The van der Waals surface area contributed by atoms with Crippen molar-refractivity contribution in [1.29, 1.82) is 0 Å². The Labute approximate surface area is 133 Å². The summed E-state index contributed by atoms with van der Waals surface area (Å²) in [5.41, 5.74) is 0.552. The van der Waals surface area contributed by atoms with Crippen molar-refractivity contribution in [3.63, 3.8) is 0 Å². The van der Waals surface area contributed by atoms with E-state index in [0.29, 0.717) is 5.69 Å². The number of nitrogens with zero attached hydrogens (tertiary/aromatic N) is 4. The third-order valence-electron chi connectivity index (χ3n) is 2.99. The predicted molar refractivity (Wildman–Crippen MR) is 76.6 cm³/mol. The molecule has 1 N–H and O–H groups in total. The van der Waals surface area contributed by atoms with Gasteiger partial charge in [-0.3, -0.25) is 4.79 Å². The number of rotatable bonds is 3. The third kappa shape index (κ3) is 3.26. The van der Waals surface area contributed by atoms with Crippen LogP contribution in [0.2, 0.25) is 0 Å². The Morgan fingerprint density at radius 1 is 1.25 bits per heavy atom. The number of fused-ring (bicyclic) bond motifs is 1. The van der Waals surface area contributed by atoms with Crippen LogP contribution in [0.4, 0.5) is 18.9 Å². The van der Waals surface area contributed by atoms with Crippen molar-refractivity contribution < 1.29 is 22.7 Å². The molecule has 0 unspecified atom stereocenters. The van der Waals surface area contributed by atoms with Gasteiger partial charge in [0, 0.05) is 11.9 Å². The number of para-hydroxylation sites is 2. The first-order valence-electron chi connectivity index (χ1n) is 6.68. The van der Waals surface area contributed by atoms with E-state index >= 15 is 0 Å². The Morgan fingerprint density at radius 3 is 2.71 bits per heavy atom. The highest BCUT2D eigenvalue weighted by atomic mass is 19.4. The second kappa shape index (κ2) is 5.80. The standard InChI is InChI=1S/C14H10F3N5O2/c1-8-6-7-18-13-20-11(21-22(8)13)12(23)19-9-4-2-3-5-10(9)24-14(15,16)17/h2-7H,1H3,(H,19,23). The van der Waals surface area contributed by atoms with E-state index in [4.69, 9.17) is 0 Å². The second-order valence-electron chi connectivity index (χ2n) is 4.73. The van der Waals surface area contributed by atoms with Gasteiger partial charge in [0.1, 0.15) is 0 Å². The molecule has 0 saturated heterocycles. The molecule has 24 heavy (non-hydrogen) atoms. The fraction of sp³-hybridized carbons (Fsp3) is 0.143. The van der Waals surface area contributed by atoms with E-state index in [1.54, 1.807) is 13.0 Å². The largest absolute Gasteiger partial charge is 0.573 e. The zero-order valence-corrected chi connectivity index (χ0v) is 12.2. The predicted octanol–water partition coefficient (Wildman–Crippen LogP) is 2.58. The number of anilines is 1. The van der Waals surface area contributed by atoms with Crippen LogP contribution in [0.1, 0.15) is 16.3 Å². The zero-order chi connectivity index (χ0) is 17.3. The van der Waals surface area contributed by atoms with Gasteiger partial charge in [0.25, 0.3) is 11.7 Å². The van der Waals surface area contributed by atoms with Crippen molar-refractivity contribution in [3.05, 3.63) is 48.0 Å². The molecule has 2 aromatic heterocycles. The van der Waals surface area contributed by atoms with E-state index in [0.717, 1.165) is 6.07 Å². The minimum absolute atomic E-state index is 0.150. The normalized spacial score (nSPS) is 11.5. The first-order chi connectivity index (χ1) is 11.3. The minimum atomic E-state index is -4.87. The molecule has 3 rings (SSSR count). The van der Waals surface area contributed by atoms with Crippen LogP contribution in [-0.4, -0.2) is 31.9 Å². The summed E-state index contributed by atoms with van der Waals surface area (Å²) in [6.45, 7) is 1.75. The number of benzene rings is 1. The summed E-state index contributed by atoms with van der Waals surface area (Å²) < 4.78 is 42.4. The Morgan fingerprint density at radius 2 is 2.00 bits per heavy atom. The van der Waals surface area contributed by atoms with Gasteiger partial charge < -0.3 is 10.1 Å². The minimum Gasteiger partial charge on any atom is -0.404 e. The SMILES string of the molecule is Cc1ccnc2nc(C(=O)Nc3ccccc3OC(F)(F)F)nn12. The lowest BCUT2D eigenvalue weighted by molar-refractivity contribution is -0.274. The van der Waals surface area contributed by atoms with Gasteiger partial charge in [-0.2, -0.15) is 4.98 Å².